The molecule has 1 aromatic heterocycles. The van der Waals surface area contributed by atoms with E-state index in [1.54, 1.807) is 31.2 Å². The molecule has 12 nitrogen and oxygen atoms in total. The quantitative estimate of drug-likeness (QED) is 0.105. The van der Waals surface area contributed by atoms with E-state index in [1.165, 1.54) is 16.8 Å². The normalized spacial score (nSPS) is 11.7. The number of anilines is 2. The fourth-order valence-corrected chi connectivity index (χ4v) is 4.16. The highest BCUT2D eigenvalue weighted by atomic mass is 16.3. The summed E-state index contributed by atoms with van der Waals surface area (Å²) in [6, 6.07) is 7.64. The van der Waals surface area contributed by atoms with Gasteiger partial charge >= 0.3 is 0 Å². The molecule has 0 aliphatic heterocycles. The molecular formula is C29H38N8O4. The van der Waals surface area contributed by atoms with E-state index in [2.05, 4.69) is 20.9 Å². The first kappa shape index (κ1) is 30.7. The topological polar surface area (TPSA) is 201 Å². The molecular weight excluding hydrogens is 524 g/mol. The zero-order valence-corrected chi connectivity index (χ0v) is 24.0. The molecule has 0 saturated carbocycles. The number of phenols is 1. The molecule has 0 aliphatic carbocycles. The lowest BCUT2D eigenvalue weighted by atomic mass is 10.0. The molecule has 0 fully saturated rings. The van der Waals surface area contributed by atoms with Crippen LogP contribution in [0, 0.1) is 12.3 Å². The number of nitrogens with two attached hydrogens (primary N) is 2. The molecule has 12 heteroatoms. The highest BCUT2D eigenvalue weighted by molar-refractivity contribution is 5.97. The number of aryl methyl sites for hydroxylation is 1. The van der Waals surface area contributed by atoms with Crippen LogP contribution in [0.25, 0.3) is 11.3 Å². The molecule has 2 amide bonds. The molecule has 0 unspecified atom stereocenters. The first-order chi connectivity index (χ1) is 19.3. The van der Waals surface area contributed by atoms with Gasteiger partial charge in [0.15, 0.2) is 5.82 Å². The molecule has 0 saturated heterocycles. The maximum atomic E-state index is 13.5. The van der Waals surface area contributed by atoms with E-state index < -0.39 is 11.5 Å². The molecule has 0 spiro atoms. The number of aromatic hydroxyl groups is 1. The van der Waals surface area contributed by atoms with Crippen molar-refractivity contribution < 1.29 is 14.7 Å². The van der Waals surface area contributed by atoms with Gasteiger partial charge in [0.1, 0.15) is 18.1 Å². The van der Waals surface area contributed by atoms with E-state index in [4.69, 9.17) is 16.9 Å². The lowest BCUT2D eigenvalue weighted by molar-refractivity contribution is -0.121. The van der Waals surface area contributed by atoms with E-state index in [-0.39, 0.29) is 48.5 Å². The SMILES string of the molecule is CC[C@H](C)NC(=O)c1cc(N)cc(-c2cnc(NC(C)C)c(=O)n2CC(=O)NCc2c(C)cc(C(=N)N)cc2O)c1. The van der Waals surface area contributed by atoms with E-state index in [0.717, 1.165) is 6.42 Å². The van der Waals surface area contributed by atoms with Gasteiger partial charge in [0.25, 0.3) is 11.5 Å². The maximum absolute atomic E-state index is 13.5. The third-order valence-electron chi connectivity index (χ3n) is 6.51. The van der Waals surface area contributed by atoms with Gasteiger partial charge in [-0.3, -0.25) is 24.4 Å². The number of carbonyl (C=O) groups excluding carboxylic acids is 2. The van der Waals surface area contributed by atoms with Gasteiger partial charge in [0.2, 0.25) is 5.91 Å². The summed E-state index contributed by atoms with van der Waals surface area (Å²) in [7, 11) is 0. The number of hydrogen-bond acceptors (Lipinski definition) is 8. The summed E-state index contributed by atoms with van der Waals surface area (Å²) in [4.78, 5) is 43.7. The molecule has 0 radical (unpaired) electrons. The minimum atomic E-state index is -0.524. The number of nitrogens with zero attached hydrogens (tertiary/aromatic N) is 2. The molecule has 0 aliphatic rings. The summed E-state index contributed by atoms with van der Waals surface area (Å²) in [6.45, 7) is 8.93. The molecule has 0 bridgehead atoms. The average molecular weight is 563 g/mol. The molecule has 218 valence electrons. The van der Waals surface area contributed by atoms with Gasteiger partial charge in [0, 0.05) is 46.6 Å². The first-order valence-electron chi connectivity index (χ1n) is 13.3. The summed E-state index contributed by atoms with van der Waals surface area (Å²) in [5, 5.41) is 26.6. The Hall–Kier alpha value is -4.87. The molecule has 1 atom stereocenters. The van der Waals surface area contributed by atoms with Crippen LogP contribution in [0.4, 0.5) is 11.5 Å². The Morgan fingerprint density at radius 3 is 2.44 bits per heavy atom. The van der Waals surface area contributed by atoms with Crippen LogP contribution in [0.5, 0.6) is 5.75 Å². The standard InChI is InChI=1S/C29H38N8O4/c1-6-17(5)36-28(40)20-8-18(9-21(30)10-20)23-13-34-27(35-15(2)3)29(41)37(23)14-25(39)33-12-22-16(4)7-19(26(31)32)11-24(22)38/h7-11,13,15,17,38H,6,12,14,30H2,1-5H3,(H3,31,32)(H,33,39)(H,34,35)(H,36,40)/t17-/m0/s1. The largest absolute Gasteiger partial charge is 0.508 e. The Morgan fingerprint density at radius 1 is 1.12 bits per heavy atom. The van der Waals surface area contributed by atoms with E-state index in [1.807, 2.05) is 27.7 Å². The number of carbonyl (C=O) groups is 2. The Labute approximate surface area is 238 Å². The zero-order chi connectivity index (χ0) is 30.4. The second-order valence-electron chi connectivity index (χ2n) is 10.3. The smallest absolute Gasteiger partial charge is 0.294 e. The Kier molecular flexibility index (Phi) is 9.72. The van der Waals surface area contributed by atoms with Gasteiger partial charge in [-0.15, -0.1) is 0 Å². The van der Waals surface area contributed by atoms with E-state index >= 15 is 0 Å². The monoisotopic (exact) mass is 562 g/mol. The first-order valence-corrected chi connectivity index (χ1v) is 13.3. The highest BCUT2D eigenvalue weighted by Crippen LogP contribution is 2.25. The number of rotatable bonds is 11. The van der Waals surface area contributed by atoms with Crippen molar-refractivity contribution in [3.63, 3.8) is 0 Å². The second-order valence-corrected chi connectivity index (χ2v) is 10.3. The number of phenolic OH excluding ortho intramolecular Hbond substituents is 1. The molecule has 9 N–H and O–H groups in total. The van der Waals surface area contributed by atoms with Crippen molar-refractivity contribution in [2.45, 2.75) is 66.2 Å². The minimum absolute atomic E-state index is 0.0147. The van der Waals surface area contributed by atoms with Crippen LogP contribution in [0.3, 0.4) is 0 Å². The fraction of sp³-hybridized carbons (Fsp3) is 0.345. The van der Waals surface area contributed by atoms with Crippen molar-refractivity contribution in [1.29, 1.82) is 5.41 Å². The van der Waals surface area contributed by atoms with Gasteiger partial charge in [-0.05, 0) is 70.0 Å². The van der Waals surface area contributed by atoms with Crippen molar-refractivity contribution >= 4 is 29.2 Å². The number of amidine groups is 1. The summed E-state index contributed by atoms with van der Waals surface area (Å²) >= 11 is 0. The minimum Gasteiger partial charge on any atom is -0.508 e. The van der Waals surface area contributed by atoms with Crippen molar-refractivity contribution in [3.8, 4) is 17.0 Å². The zero-order valence-electron chi connectivity index (χ0n) is 24.0. The molecule has 3 aromatic rings. The number of benzene rings is 2. The molecule has 2 aromatic carbocycles. The number of amides is 2. The van der Waals surface area contributed by atoms with Crippen LogP contribution in [-0.4, -0.2) is 44.4 Å². The Morgan fingerprint density at radius 2 is 1.83 bits per heavy atom. The lowest BCUT2D eigenvalue weighted by Crippen LogP contribution is -2.35. The number of hydrogen-bond donors (Lipinski definition) is 7. The summed E-state index contributed by atoms with van der Waals surface area (Å²) < 4.78 is 1.27. The van der Waals surface area contributed by atoms with Crippen molar-refractivity contribution in [1.82, 2.24) is 20.2 Å². The van der Waals surface area contributed by atoms with Crippen LogP contribution >= 0.6 is 0 Å². The number of nitrogen functional groups attached to an aromatic ring is 2. The third-order valence-corrected chi connectivity index (χ3v) is 6.51. The number of nitrogens with one attached hydrogen (secondary N) is 4. The van der Waals surface area contributed by atoms with Gasteiger partial charge in [-0.2, -0.15) is 0 Å². The second kappa shape index (κ2) is 13.0. The van der Waals surface area contributed by atoms with E-state index in [0.29, 0.717) is 39.2 Å². The Balaban J connectivity index is 1.97. The van der Waals surface area contributed by atoms with Crippen molar-refractivity contribution in [3.05, 3.63) is 69.1 Å². The van der Waals surface area contributed by atoms with E-state index in [9.17, 15) is 19.5 Å². The van der Waals surface area contributed by atoms with Crippen LogP contribution in [0.1, 0.15) is 61.2 Å². The summed E-state index contributed by atoms with van der Waals surface area (Å²) in [5.41, 5.74) is 14.0. The molecule has 41 heavy (non-hydrogen) atoms. The summed E-state index contributed by atoms with van der Waals surface area (Å²) in [5.74, 6) is -1.02. The van der Waals surface area contributed by atoms with Crippen LogP contribution in [0.15, 0.2) is 41.3 Å². The van der Waals surface area contributed by atoms with Gasteiger partial charge in [-0.1, -0.05) is 6.92 Å². The molecule has 3 rings (SSSR count). The predicted molar refractivity (Wildman–Crippen MR) is 160 cm³/mol. The third kappa shape index (κ3) is 7.62. The average Bonchev–Trinajstić information content (AvgIpc) is 2.89. The molecule has 1 heterocycles. The van der Waals surface area contributed by atoms with Crippen molar-refractivity contribution in [2.24, 2.45) is 5.73 Å². The van der Waals surface area contributed by atoms with Crippen LogP contribution in [0.2, 0.25) is 0 Å². The number of aromatic nitrogens is 2. The van der Waals surface area contributed by atoms with Gasteiger partial charge in [0.05, 0.1) is 11.9 Å². The highest BCUT2D eigenvalue weighted by Gasteiger charge is 2.19. The lowest BCUT2D eigenvalue weighted by Gasteiger charge is -2.18. The van der Waals surface area contributed by atoms with Crippen molar-refractivity contribution in [2.75, 3.05) is 11.1 Å². The van der Waals surface area contributed by atoms with Gasteiger partial charge < -0.3 is 32.5 Å². The van der Waals surface area contributed by atoms with Gasteiger partial charge in [-0.25, -0.2) is 4.98 Å². The summed E-state index contributed by atoms with van der Waals surface area (Å²) in [6.07, 6.45) is 2.21. The Bertz CT molecular complexity index is 1510. The maximum Gasteiger partial charge on any atom is 0.294 e. The van der Waals surface area contributed by atoms with Crippen LogP contribution < -0.4 is 33.0 Å². The van der Waals surface area contributed by atoms with Crippen LogP contribution in [-0.2, 0) is 17.9 Å². The fourth-order valence-electron chi connectivity index (χ4n) is 4.16. The predicted octanol–water partition coefficient (Wildman–Crippen LogP) is 2.46.